The molecule has 42 heavy (non-hydrogen) atoms. The fraction of sp³-hybridized carbons (Fsp3) is 0.321. The summed E-state index contributed by atoms with van der Waals surface area (Å²) in [5.74, 6) is -0.580. The van der Waals surface area contributed by atoms with Gasteiger partial charge in [-0.2, -0.15) is 13.8 Å². The average molecular weight is 580 g/mol. The maximum atomic E-state index is 13.3. The Morgan fingerprint density at radius 2 is 1.90 bits per heavy atom. The molecule has 2 aliphatic rings. The molecule has 1 saturated heterocycles. The molecule has 1 saturated carbocycles. The monoisotopic (exact) mass is 579 g/mol. The van der Waals surface area contributed by atoms with Gasteiger partial charge < -0.3 is 25.0 Å². The Kier molecular flexibility index (Phi) is 8.31. The number of likely N-dealkylation sites (tertiary alicyclic amines) is 1. The Balaban J connectivity index is 1.25. The van der Waals surface area contributed by atoms with Crippen molar-refractivity contribution >= 4 is 34.8 Å². The quantitative estimate of drug-likeness (QED) is 0.274. The van der Waals surface area contributed by atoms with Gasteiger partial charge >= 0.3 is 6.61 Å². The summed E-state index contributed by atoms with van der Waals surface area (Å²) < 4.78 is 35.1. The van der Waals surface area contributed by atoms with Crippen molar-refractivity contribution in [2.75, 3.05) is 17.2 Å². The van der Waals surface area contributed by atoms with Gasteiger partial charge in [0.25, 0.3) is 0 Å². The van der Waals surface area contributed by atoms with Gasteiger partial charge in [-0.25, -0.2) is 9.97 Å². The number of Topliss-reactive ketones (excluding diaryl/α,β-unsaturated/α-hetero) is 1. The normalized spacial score (nSPS) is 18.7. The van der Waals surface area contributed by atoms with Crippen LogP contribution in [0.4, 0.5) is 20.3 Å². The number of aromatic nitrogens is 3. The van der Waals surface area contributed by atoms with E-state index in [0.717, 1.165) is 6.42 Å². The molecular formula is C28H27F2N7O5. The second-order valence-corrected chi connectivity index (χ2v) is 9.79. The van der Waals surface area contributed by atoms with Gasteiger partial charge in [0.1, 0.15) is 29.9 Å². The van der Waals surface area contributed by atoms with Gasteiger partial charge in [0.05, 0.1) is 6.54 Å². The number of alkyl halides is 2. The standard InChI is InChI=1S/C28H27F2N7O5/c1-15(38)26(31)18-12-17(41-14-23-32-8-3-9-33-23)6-7-19(18)34-13-25(39)37-20-10-16(20)11-21(37)27(40)36-22-4-2-5-24(35-22)42-28(29)30/h2-9,12,16,20-21,28,31,34H,10-11,13-14H2,1H3,(H,35,36,40)/t16-,20-,21+/m1/s1. The number of benzene rings is 1. The summed E-state index contributed by atoms with van der Waals surface area (Å²) in [5, 5.41) is 13.9. The summed E-state index contributed by atoms with van der Waals surface area (Å²) in [6.45, 7) is -1.90. The SMILES string of the molecule is CC(=O)C(=N)c1cc(OCc2ncccn2)ccc1NCC(=O)N1[C@@H]2C[C@@H]2C[C@H]1C(=O)Nc1cccc(OC(F)F)n1. The number of halogens is 2. The molecule has 0 unspecified atom stereocenters. The highest BCUT2D eigenvalue weighted by Crippen LogP contribution is 2.48. The molecule has 5 rings (SSSR count). The summed E-state index contributed by atoms with van der Waals surface area (Å²) in [7, 11) is 0. The number of hydrogen-bond donors (Lipinski definition) is 3. The number of ether oxygens (including phenoxy) is 2. The topological polar surface area (TPSA) is 159 Å². The molecule has 3 aromatic rings. The summed E-state index contributed by atoms with van der Waals surface area (Å²) in [4.78, 5) is 52.1. The van der Waals surface area contributed by atoms with Crippen LogP contribution < -0.4 is 20.1 Å². The Labute approximate surface area is 239 Å². The number of nitrogens with one attached hydrogen (secondary N) is 3. The van der Waals surface area contributed by atoms with E-state index in [1.54, 1.807) is 30.6 Å². The van der Waals surface area contributed by atoms with Crippen LogP contribution in [0.2, 0.25) is 0 Å². The maximum Gasteiger partial charge on any atom is 0.388 e. The molecule has 12 nitrogen and oxygen atoms in total. The maximum absolute atomic E-state index is 13.3. The number of rotatable bonds is 12. The number of ketones is 1. The van der Waals surface area contributed by atoms with Gasteiger partial charge in [0.2, 0.25) is 17.7 Å². The molecule has 218 valence electrons. The summed E-state index contributed by atoms with van der Waals surface area (Å²) in [6.07, 6.45) is 4.42. The van der Waals surface area contributed by atoms with Crippen LogP contribution in [-0.2, 0) is 21.0 Å². The average Bonchev–Trinajstić information content (AvgIpc) is 3.63. The molecule has 0 radical (unpaired) electrons. The number of nitrogens with zero attached hydrogens (tertiary/aromatic N) is 4. The molecule has 0 bridgehead atoms. The lowest BCUT2D eigenvalue weighted by molar-refractivity contribution is -0.136. The number of amides is 2. The Morgan fingerprint density at radius 3 is 2.64 bits per heavy atom. The minimum absolute atomic E-state index is 0.0257. The lowest BCUT2D eigenvalue weighted by atomic mass is 10.0. The highest BCUT2D eigenvalue weighted by atomic mass is 19.3. The van der Waals surface area contributed by atoms with Crippen LogP contribution in [-0.4, -0.2) is 68.4 Å². The van der Waals surface area contributed by atoms with Crippen molar-refractivity contribution in [3.63, 3.8) is 0 Å². The fourth-order valence-electron chi connectivity index (χ4n) is 4.88. The van der Waals surface area contributed by atoms with E-state index in [4.69, 9.17) is 10.1 Å². The lowest BCUT2D eigenvalue weighted by Crippen LogP contribution is -2.47. The van der Waals surface area contributed by atoms with Crippen molar-refractivity contribution in [1.82, 2.24) is 19.9 Å². The first kappa shape index (κ1) is 28.5. The van der Waals surface area contributed by atoms with Crippen LogP contribution in [0, 0.1) is 11.3 Å². The molecule has 2 aromatic heterocycles. The second-order valence-electron chi connectivity index (χ2n) is 9.79. The van der Waals surface area contributed by atoms with Gasteiger partial charge in [0, 0.05) is 42.7 Å². The van der Waals surface area contributed by atoms with Crippen LogP contribution >= 0.6 is 0 Å². The van der Waals surface area contributed by atoms with Gasteiger partial charge in [-0.15, -0.1) is 0 Å². The predicted octanol–water partition coefficient (Wildman–Crippen LogP) is 3.05. The number of anilines is 2. The number of carbonyl (C=O) groups excluding carboxylic acids is 3. The zero-order chi connectivity index (χ0) is 29.8. The minimum Gasteiger partial charge on any atom is -0.486 e. The van der Waals surface area contributed by atoms with E-state index < -0.39 is 24.3 Å². The van der Waals surface area contributed by atoms with Crippen LogP contribution in [0.3, 0.4) is 0 Å². The Hall–Kier alpha value is -5.01. The van der Waals surface area contributed by atoms with E-state index >= 15 is 0 Å². The number of fused-ring (bicyclic) bond motifs is 1. The van der Waals surface area contributed by atoms with Crippen molar-refractivity contribution in [3.8, 4) is 11.6 Å². The zero-order valence-electron chi connectivity index (χ0n) is 22.4. The largest absolute Gasteiger partial charge is 0.486 e. The summed E-state index contributed by atoms with van der Waals surface area (Å²) >= 11 is 0. The molecule has 1 aliphatic carbocycles. The minimum atomic E-state index is -3.06. The van der Waals surface area contributed by atoms with E-state index in [-0.39, 0.29) is 54.0 Å². The first-order valence-corrected chi connectivity index (χ1v) is 13.1. The van der Waals surface area contributed by atoms with Crippen molar-refractivity contribution in [3.05, 3.63) is 66.2 Å². The summed E-state index contributed by atoms with van der Waals surface area (Å²) in [5.41, 5.74) is 0.357. The second kappa shape index (κ2) is 12.2. The zero-order valence-corrected chi connectivity index (χ0v) is 22.4. The van der Waals surface area contributed by atoms with Crippen molar-refractivity contribution in [1.29, 1.82) is 5.41 Å². The molecule has 2 amide bonds. The van der Waals surface area contributed by atoms with E-state index in [2.05, 4.69) is 30.3 Å². The Morgan fingerprint density at radius 1 is 1.12 bits per heavy atom. The molecule has 14 heteroatoms. The number of carbonyl (C=O) groups is 3. The van der Waals surface area contributed by atoms with Crippen LogP contribution in [0.5, 0.6) is 11.6 Å². The lowest BCUT2D eigenvalue weighted by Gasteiger charge is -2.27. The Bertz CT molecular complexity index is 1510. The van der Waals surface area contributed by atoms with Crippen molar-refractivity contribution in [2.24, 2.45) is 5.92 Å². The van der Waals surface area contributed by atoms with Crippen LogP contribution in [0.15, 0.2) is 54.9 Å². The third-order valence-electron chi connectivity index (χ3n) is 6.91. The van der Waals surface area contributed by atoms with Gasteiger partial charge in [-0.1, -0.05) is 6.07 Å². The van der Waals surface area contributed by atoms with Crippen molar-refractivity contribution < 1.29 is 32.6 Å². The van der Waals surface area contributed by atoms with Crippen LogP contribution in [0.1, 0.15) is 31.2 Å². The molecular weight excluding hydrogens is 552 g/mol. The first-order valence-electron chi connectivity index (χ1n) is 13.1. The predicted molar refractivity (Wildman–Crippen MR) is 145 cm³/mol. The third kappa shape index (κ3) is 6.65. The third-order valence-corrected chi connectivity index (χ3v) is 6.91. The smallest absolute Gasteiger partial charge is 0.388 e. The molecule has 1 aliphatic heterocycles. The molecule has 1 aromatic carbocycles. The molecule has 2 fully saturated rings. The number of piperidine rings is 1. The molecule has 3 atom stereocenters. The van der Waals surface area contributed by atoms with Crippen molar-refractivity contribution in [2.45, 2.75) is 45.1 Å². The first-order chi connectivity index (χ1) is 20.2. The highest BCUT2D eigenvalue weighted by molar-refractivity contribution is 6.45. The molecule has 3 heterocycles. The van der Waals surface area contributed by atoms with E-state index in [9.17, 15) is 23.2 Å². The van der Waals surface area contributed by atoms with E-state index in [0.29, 0.717) is 23.7 Å². The number of hydrogen-bond acceptors (Lipinski definition) is 10. The fourth-order valence-corrected chi connectivity index (χ4v) is 4.88. The highest BCUT2D eigenvalue weighted by Gasteiger charge is 2.55. The van der Waals surface area contributed by atoms with Gasteiger partial charge in [-0.3, -0.25) is 19.8 Å². The van der Waals surface area contributed by atoms with Gasteiger partial charge in [0.15, 0.2) is 11.6 Å². The molecule has 0 spiro atoms. The van der Waals surface area contributed by atoms with Gasteiger partial charge in [-0.05, 0) is 49.1 Å². The number of pyridine rings is 1. The van der Waals surface area contributed by atoms with E-state index in [1.165, 1.54) is 36.1 Å². The molecule has 3 N–H and O–H groups in total. The van der Waals surface area contributed by atoms with E-state index in [1.807, 2.05) is 0 Å². The van der Waals surface area contributed by atoms with Crippen LogP contribution in [0.25, 0.3) is 0 Å². The summed E-state index contributed by atoms with van der Waals surface area (Å²) in [6, 6.07) is 9.70.